The molecule has 0 spiro atoms. The fraction of sp³-hybridized carbons (Fsp3) is 0.200. The van der Waals surface area contributed by atoms with Crippen molar-refractivity contribution in [3.63, 3.8) is 0 Å². The van der Waals surface area contributed by atoms with Gasteiger partial charge in [0.1, 0.15) is 17.3 Å². The number of aromatic nitrogens is 4. The zero-order valence-electron chi connectivity index (χ0n) is 21.2. The third-order valence-electron chi connectivity index (χ3n) is 6.93. The van der Waals surface area contributed by atoms with E-state index in [1.807, 2.05) is 82.3 Å². The van der Waals surface area contributed by atoms with Gasteiger partial charge in [-0.3, -0.25) is 9.78 Å². The van der Waals surface area contributed by atoms with Crippen molar-refractivity contribution >= 4 is 33.3 Å². The van der Waals surface area contributed by atoms with E-state index in [1.54, 1.807) is 12.4 Å². The maximum atomic E-state index is 13.2. The average Bonchev–Trinajstić information content (AvgIpc) is 3.37. The highest BCUT2D eigenvalue weighted by atomic mass is 79.9. The van der Waals surface area contributed by atoms with Crippen molar-refractivity contribution in [1.29, 1.82) is 0 Å². The minimum absolute atomic E-state index is 0.0421. The Kier molecular flexibility index (Phi) is 7.23. The Hall–Kier alpha value is -4.24. The number of carbonyl (C=O) groups is 1. The number of amides is 1. The van der Waals surface area contributed by atoms with Crippen LogP contribution in [0.1, 0.15) is 40.4 Å². The number of ether oxygens (including phenoxy) is 1. The molecule has 1 fully saturated rings. The lowest BCUT2D eigenvalue weighted by Crippen LogP contribution is -2.38. The first-order chi connectivity index (χ1) is 19.1. The fourth-order valence-electron chi connectivity index (χ4n) is 4.84. The van der Waals surface area contributed by atoms with Gasteiger partial charge in [-0.05, 0) is 76.8 Å². The average molecular weight is 583 g/mol. The predicted octanol–water partition coefficient (Wildman–Crippen LogP) is 6.31. The molecule has 0 bridgehead atoms. The van der Waals surface area contributed by atoms with Crippen molar-refractivity contribution in [3.05, 3.63) is 113 Å². The number of benzene rings is 2. The summed E-state index contributed by atoms with van der Waals surface area (Å²) in [4.78, 5) is 24.3. The molecule has 6 rings (SSSR count). The second-order valence-corrected chi connectivity index (χ2v) is 10.4. The van der Waals surface area contributed by atoms with Crippen LogP contribution in [0.4, 0.5) is 5.82 Å². The molecule has 8 nitrogen and oxygen atoms in total. The SMILES string of the molecule is O=C(c1ccc(Oc2ccccc2)cc1)N1CCC(c2cc(NCc3cccnc3)n3ncc(Br)c3n2)CC1. The number of hydrogen-bond donors (Lipinski definition) is 1. The van der Waals surface area contributed by atoms with E-state index in [4.69, 9.17) is 9.72 Å². The molecular formula is C30H27BrN6O2. The molecule has 0 aliphatic carbocycles. The molecule has 2 aromatic carbocycles. The Balaban J connectivity index is 1.12. The molecule has 0 radical (unpaired) electrons. The first-order valence-electron chi connectivity index (χ1n) is 12.9. The molecule has 3 aromatic heterocycles. The van der Waals surface area contributed by atoms with Crippen molar-refractivity contribution in [1.82, 2.24) is 24.5 Å². The summed E-state index contributed by atoms with van der Waals surface area (Å²) in [5.41, 5.74) is 3.53. The van der Waals surface area contributed by atoms with Gasteiger partial charge in [0.05, 0.1) is 10.7 Å². The number of rotatable bonds is 7. The van der Waals surface area contributed by atoms with Gasteiger partial charge in [-0.2, -0.15) is 9.61 Å². The van der Waals surface area contributed by atoms with Crippen LogP contribution < -0.4 is 10.1 Å². The van der Waals surface area contributed by atoms with E-state index in [-0.39, 0.29) is 11.8 Å². The molecule has 39 heavy (non-hydrogen) atoms. The van der Waals surface area contributed by atoms with Crippen molar-refractivity contribution in [2.75, 3.05) is 18.4 Å². The monoisotopic (exact) mass is 582 g/mol. The largest absolute Gasteiger partial charge is 0.457 e. The molecular weight excluding hydrogens is 556 g/mol. The lowest BCUT2D eigenvalue weighted by molar-refractivity contribution is 0.0712. The van der Waals surface area contributed by atoms with Crippen LogP contribution in [0, 0.1) is 0 Å². The number of fused-ring (bicyclic) bond motifs is 1. The van der Waals surface area contributed by atoms with Gasteiger partial charge in [-0.15, -0.1) is 0 Å². The standard InChI is InChI=1S/C30H27BrN6O2/c31-26-20-34-37-28(33-19-21-5-4-14-32-18-21)17-27(35-29(26)37)22-12-15-36(16-13-22)30(38)23-8-10-25(11-9-23)39-24-6-2-1-3-7-24/h1-11,14,17-18,20,22,33H,12-13,15-16,19H2. The first kappa shape index (κ1) is 25.1. The smallest absolute Gasteiger partial charge is 0.253 e. The summed E-state index contributed by atoms with van der Waals surface area (Å²) in [6, 6.07) is 23.0. The zero-order chi connectivity index (χ0) is 26.6. The first-order valence-corrected chi connectivity index (χ1v) is 13.7. The summed E-state index contributed by atoms with van der Waals surface area (Å²) in [6.45, 7) is 1.99. The summed E-state index contributed by atoms with van der Waals surface area (Å²) in [7, 11) is 0. The van der Waals surface area contributed by atoms with E-state index < -0.39 is 0 Å². The molecule has 1 N–H and O–H groups in total. The number of anilines is 1. The fourth-order valence-corrected chi connectivity index (χ4v) is 5.18. The van der Waals surface area contributed by atoms with Crippen LogP contribution in [0.5, 0.6) is 11.5 Å². The number of hydrogen-bond acceptors (Lipinski definition) is 6. The minimum atomic E-state index is 0.0421. The molecule has 0 saturated carbocycles. The summed E-state index contributed by atoms with van der Waals surface area (Å²) in [6.07, 6.45) is 7.07. The van der Waals surface area contributed by atoms with Gasteiger partial charge in [0.15, 0.2) is 5.65 Å². The Morgan fingerprint density at radius 2 is 1.74 bits per heavy atom. The molecule has 1 aliphatic heterocycles. The molecule has 0 unspecified atom stereocenters. The summed E-state index contributed by atoms with van der Waals surface area (Å²) in [5.74, 6) is 2.64. The predicted molar refractivity (Wildman–Crippen MR) is 153 cm³/mol. The maximum absolute atomic E-state index is 13.2. The molecule has 1 saturated heterocycles. The van der Waals surface area contributed by atoms with Crippen molar-refractivity contribution < 1.29 is 9.53 Å². The second kappa shape index (κ2) is 11.2. The van der Waals surface area contributed by atoms with E-state index >= 15 is 0 Å². The lowest BCUT2D eigenvalue weighted by atomic mass is 9.92. The van der Waals surface area contributed by atoms with E-state index in [2.05, 4.69) is 37.4 Å². The van der Waals surface area contributed by atoms with E-state index in [0.717, 1.165) is 45.8 Å². The van der Waals surface area contributed by atoms with Crippen LogP contribution in [0.15, 0.2) is 95.9 Å². The van der Waals surface area contributed by atoms with Crippen LogP contribution >= 0.6 is 15.9 Å². The van der Waals surface area contributed by atoms with Gasteiger partial charge < -0.3 is 15.0 Å². The lowest BCUT2D eigenvalue weighted by Gasteiger charge is -2.32. The summed E-state index contributed by atoms with van der Waals surface area (Å²) in [5, 5.41) is 7.97. The number of pyridine rings is 1. The van der Waals surface area contributed by atoms with Gasteiger partial charge in [-0.25, -0.2) is 4.98 Å². The zero-order valence-corrected chi connectivity index (χ0v) is 22.8. The van der Waals surface area contributed by atoms with Gasteiger partial charge in [0.25, 0.3) is 5.91 Å². The third kappa shape index (κ3) is 5.63. The number of likely N-dealkylation sites (tertiary alicyclic amines) is 1. The highest BCUT2D eigenvalue weighted by Crippen LogP contribution is 2.31. The van der Waals surface area contributed by atoms with Gasteiger partial charge in [0, 0.05) is 55.3 Å². The summed E-state index contributed by atoms with van der Waals surface area (Å²) >= 11 is 3.59. The molecule has 196 valence electrons. The number of nitrogens with one attached hydrogen (secondary N) is 1. The van der Waals surface area contributed by atoms with Gasteiger partial charge in [-0.1, -0.05) is 24.3 Å². The van der Waals surface area contributed by atoms with Gasteiger partial charge >= 0.3 is 0 Å². The molecule has 5 aromatic rings. The third-order valence-corrected chi connectivity index (χ3v) is 7.49. The number of nitrogens with zero attached hydrogens (tertiary/aromatic N) is 5. The van der Waals surface area contributed by atoms with Crippen LogP contribution in [-0.2, 0) is 6.54 Å². The summed E-state index contributed by atoms with van der Waals surface area (Å²) < 4.78 is 8.52. The Bertz CT molecular complexity index is 1570. The topological polar surface area (TPSA) is 84.7 Å². The second-order valence-electron chi connectivity index (χ2n) is 9.51. The van der Waals surface area contributed by atoms with Crippen LogP contribution in [-0.4, -0.2) is 43.5 Å². The van der Waals surface area contributed by atoms with Gasteiger partial charge in [0.2, 0.25) is 0 Å². The molecule has 0 atom stereocenters. The molecule has 1 aliphatic rings. The van der Waals surface area contributed by atoms with Crippen molar-refractivity contribution in [2.45, 2.75) is 25.3 Å². The number of halogens is 1. The highest BCUT2D eigenvalue weighted by Gasteiger charge is 2.26. The van der Waals surface area contributed by atoms with E-state index in [1.165, 1.54) is 0 Å². The Labute approximate surface area is 234 Å². The van der Waals surface area contributed by atoms with Crippen LogP contribution in [0.3, 0.4) is 0 Å². The number of para-hydroxylation sites is 1. The normalized spacial score (nSPS) is 13.9. The number of piperidine rings is 1. The minimum Gasteiger partial charge on any atom is -0.457 e. The molecule has 1 amide bonds. The van der Waals surface area contributed by atoms with Crippen molar-refractivity contribution in [2.24, 2.45) is 0 Å². The van der Waals surface area contributed by atoms with E-state index in [0.29, 0.717) is 30.9 Å². The van der Waals surface area contributed by atoms with Crippen molar-refractivity contribution in [3.8, 4) is 11.5 Å². The van der Waals surface area contributed by atoms with Crippen LogP contribution in [0.25, 0.3) is 5.65 Å². The molecule has 4 heterocycles. The van der Waals surface area contributed by atoms with Crippen LogP contribution in [0.2, 0.25) is 0 Å². The highest BCUT2D eigenvalue weighted by molar-refractivity contribution is 9.10. The Morgan fingerprint density at radius 3 is 2.49 bits per heavy atom. The quantitative estimate of drug-likeness (QED) is 0.242. The Morgan fingerprint density at radius 1 is 0.974 bits per heavy atom. The van der Waals surface area contributed by atoms with E-state index in [9.17, 15) is 4.79 Å². The maximum Gasteiger partial charge on any atom is 0.253 e. The number of carbonyl (C=O) groups excluding carboxylic acids is 1. The molecule has 9 heteroatoms.